The van der Waals surface area contributed by atoms with E-state index in [1.807, 2.05) is 4.90 Å². The van der Waals surface area contributed by atoms with Crippen LogP contribution in [0.1, 0.15) is 44.1 Å². The molecule has 1 aromatic rings. The van der Waals surface area contributed by atoms with Crippen LogP contribution in [0.15, 0.2) is 18.2 Å². The Kier molecular flexibility index (Phi) is 7.14. The number of likely N-dealkylation sites (tertiary alicyclic amines) is 1. The quantitative estimate of drug-likeness (QED) is 0.584. The molecule has 1 aliphatic heterocycles. The lowest BCUT2D eigenvalue weighted by molar-refractivity contribution is -0.899. The Labute approximate surface area is 137 Å². The van der Waals surface area contributed by atoms with Crippen molar-refractivity contribution in [1.29, 1.82) is 0 Å². The molecule has 0 aliphatic carbocycles. The highest BCUT2D eigenvalue weighted by molar-refractivity contribution is 14.1. The van der Waals surface area contributed by atoms with Crippen LogP contribution >= 0.6 is 22.6 Å². The number of quaternary nitrogens is 1. The number of rotatable bonds is 6. The van der Waals surface area contributed by atoms with Gasteiger partial charge in [-0.15, -0.1) is 0 Å². The van der Waals surface area contributed by atoms with Gasteiger partial charge in [0, 0.05) is 0 Å². The van der Waals surface area contributed by atoms with E-state index in [2.05, 4.69) is 47.7 Å². The van der Waals surface area contributed by atoms with E-state index in [1.165, 1.54) is 67.3 Å². The minimum absolute atomic E-state index is 0.854. The summed E-state index contributed by atoms with van der Waals surface area (Å²) in [6.45, 7) is 7.07. The number of aryl methyl sites for hydroxylation is 1. The first-order chi connectivity index (χ1) is 9.75. The second-order valence-electron chi connectivity index (χ2n) is 5.90. The van der Waals surface area contributed by atoms with Crippen molar-refractivity contribution in [2.75, 3.05) is 26.2 Å². The molecule has 1 saturated heterocycles. The lowest BCUT2D eigenvalue weighted by Crippen LogP contribution is -3.11. The summed E-state index contributed by atoms with van der Waals surface area (Å²) < 4.78 is 7.11. The molecule has 3 heteroatoms. The van der Waals surface area contributed by atoms with E-state index in [-0.39, 0.29) is 0 Å². The predicted octanol–water partition coefficient (Wildman–Crippen LogP) is 3.22. The highest BCUT2D eigenvalue weighted by Crippen LogP contribution is 2.21. The van der Waals surface area contributed by atoms with Gasteiger partial charge in [0.1, 0.15) is 5.75 Å². The molecule has 1 heterocycles. The zero-order chi connectivity index (χ0) is 14.2. The number of unbranched alkanes of at least 4 members (excludes halogenated alkanes) is 1. The minimum atomic E-state index is 0.854. The molecule has 1 N–H and O–H groups in total. The molecule has 2 rings (SSSR count). The van der Waals surface area contributed by atoms with Gasteiger partial charge in [-0.3, -0.25) is 0 Å². The van der Waals surface area contributed by atoms with Gasteiger partial charge in [0.05, 0.1) is 29.8 Å². The Morgan fingerprint density at radius 3 is 2.55 bits per heavy atom. The molecule has 112 valence electrons. The van der Waals surface area contributed by atoms with Crippen LogP contribution in [0.4, 0.5) is 0 Å². The fraction of sp³-hybridized carbons (Fsp3) is 0.647. The van der Waals surface area contributed by atoms with Crippen LogP contribution in [0, 0.1) is 10.5 Å². The van der Waals surface area contributed by atoms with Gasteiger partial charge >= 0.3 is 0 Å². The molecule has 0 aromatic heterocycles. The van der Waals surface area contributed by atoms with E-state index in [0.29, 0.717) is 0 Å². The number of benzene rings is 1. The predicted molar refractivity (Wildman–Crippen MR) is 92.7 cm³/mol. The first kappa shape index (κ1) is 16.1. The zero-order valence-electron chi connectivity index (χ0n) is 12.6. The van der Waals surface area contributed by atoms with Crippen LogP contribution in [0.5, 0.6) is 5.75 Å². The van der Waals surface area contributed by atoms with E-state index < -0.39 is 0 Å². The number of halogens is 1. The average molecular weight is 388 g/mol. The second-order valence-corrected chi connectivity index (χ2v) is 7.07. The van der Waals surface area contributed by atoms with Gasteiger partial charge in [-0.1, -0.05) is 6.07 Å². The van der Waals surface area contributed by atoms with Gasteiger partial charge in [0.2, 0.25) is 0 Å². The Bertz CT molecular complexity index is 400. The van der Waals surface area contributed by atoms with Gasteiger partial charge in [-0.2, -0.15) is 0 Å². The maximum atomic E-state index is 5.89. The van der Waals surface area contributed by atoms with Crippen LogP contribution in [0.25, 0.3) is 0 Å². The van der Waals surface area contributed by atoms with Crippen molar-refractivity contribution in [3.8, 4) is 5.75 Å². The summed E-state index contributed by atoms with van der Waals surface area (Å²) in [5.74, 6) is 1.04. The average Bonchev–Trinajstić information content (AvgIpc) is 2.69. The number of hydrogen-bond donors (Lipinski definition) is 1. The summed E-state index contributed by atoms with van der Waals surface area (Å²) in [7, 11) is 0. The van der Waals surface area contributed by atoms with E-state index >= 15 is 0 Å². The van der Waals surface area contributed by atoms with Crippen molar-refractivity contribution in [2.24, 2.45) is 0 Å². The lowest BCUT2D eigenvalue weighted by Gasteiger charge is -2.16. The van der Waals surface area contributed by atoms with E-state index in [4.69, 9.17) is 4.74 Å². The molecule has 0 unspecified atom stereocenters. The molecule has 1 aliphatic rings. The van der Waals surface area contributed by atoms with Crippen LogP contribution < -0.4 is 9.64 Å². The van der Waals surface area contributed by atoms with Crippen LogP contribution in [-0.2, 0) is 0 Å². The summed E-state index contributed by atoms with van der Waals surface area (Å²) in [6, 6.07) is 6.40. The molecule has 1 fully saturated rings. The van der Waals surface area contributed by atoms with Gasteiger partial charge in [-0.05, 0) is 85.7 Å². The molecule has 0 radical (unpaired) electrons. The summed E-state index contributed by atoms with van der Waals surface area (Å²) in [5, 5.41) is 0. The molecular formula is C17H27INO+. The normalized spacial score (nSPS) is 16.9. The standard InChI is InChI=1S/C17H26INO/c1-15-8-9-17(16(18)14-15)20-13-7-6-12-19-10-4-2-3-5-11-19/h8-9,14H,2-7,10-13H2,1H3/p+1. The SMILES string of the molecule is Cc1ccc(OCCCC[NH+]2CCCCCC2)c(I)c1. The highest BCUT2D eigenvalue weighted by Gasteiger charge is 2.11. The molecular weight excluding hydrogens is 361 g/mol. The first-order valence-electron chi connectivity index (χ1n) is 7.98. The zero-order valence-corrected chi connectivity index (χ0v) is 14.7. The van der Waals surface area contributed by atoms with Gasteiger partial charge in [0.15, 0.2) is 0 Å². The van der Waals surface area contributed by atoms with Gasteiger partial charge in [-0.25, -0.2) is 0 Å². The van der Waals surface area contributed by atoms with E-state index in [0.717, 1.165) is 12.4 Å². The minimum Gasteiger partial charge on any atom is -0.492 e. The highest BCUT2D eigenvalue weighted by atomic mass is 127. The lowest BCUT2D eigenvalue weighted by atomic mass is 10.2. The van der Waals surface area contributed by atoms with E-state index in [1.54, 1.807) is 0 Å². The van der Waals surface area contributed by atoms with Crippen LogP contribution in [0.3, 0.4) is 0 Å². The molecule has 20 heavy (non-hydrogen) atoms. The Morgan fingerprint density at radius 1 is 1.10 bits per heavy atom. The molecule has 0 atom stereocenters. The number of ether oxygens (including phenoxy) is 1. The third kappa shape index (κ3) is 5.60. The van der Waals surface area contributed by atoms with Crippen LogP contribution in [-0.4, -0.2) is 26.2 Å². The fourth-order valence-corrected chi connectivity index (χ4v) is 3.69. The molecule has 0 bridgehead atoms. The summed E-state index contributed by atoms with van der Waals surface area (Å²) in [4.78, 5) is 1.81. The number of nitrogens with one attached hydrogen (secondary N) is 1. The maximum Gasteiger partial charge on any atom is 0.132 e. The number of hydrogen-bond acceptors (Lipinski definition) is 1. The van der Waals surface area contributed by atoms with Crippen molar-refractivity contribution in [3.05, 3.63) is 27.3 Å². The third-order valence-electron chi connectivity index (χ3n) is 4.08. The van der Waals surface area contributed by atoms with Crippen molar-refractivity contribution in [3.63, 3.8) is 0 Å². The Morgan fingerprint density at radius 2 is 1.85 bits per heavy atom. The summed E-state index contributed by atoms with van der Waals surface area (Å²) in [6.07, 6.45) is 8.20. The van der Waals surface area contributed by atoms with Crippen molar-refractivity contribution in [1.82, 2.24) is 0 Å². The maximum absolute atomic E-state index is 5.89. The van der Waals surface area contributed by atoms with Gasteiger partial charge in [0.25, 0.3) is 0 Å². The smallest absolute Gasteiger partial charge is 0.132 e. The first-order valence-corrected chi connectivity index (χ1v) is 9.06. The summed E-state index contributed by atoms with van der Waals surface area (Å²) in [5.41, 5.74) is 1.30. The van der Waals surface area contributed by atoms with Crippen molar-refractivity contribution < 1.29 is 9.64 Å². The van der Waals surface area contributed by atoms with Gasteiger partial charge < -0.3 is 9.64 Å². The molecule has 0 amide bonds. The molecule has 1 aromatic carbocycles. The second kappa shape index (κ2) is 8.88. The van der Waals surface area contributed by atoms with Crippen LogP contribution in [0.2, 0.25) is 0 Å². The van der Waals surface area contributed by atoms with E-state index in [9.17, 15) is 0 Å². The topological polar surface area (TPSA) is 13.7 Å². The third-order valence-corrected chi connectivity index (χ3v) is 4.92. The largest absolute Gasteiger partial charge is 0.492 e. The fourth-order valence-electron chi connectivity index (χ4n) is 2.86. The molecule has 0 spiro atoms. The van der Waals surface area contributed by atoms with Crippen molar-refractivity contribution >= 4 is 22.6 Å². The molecule has 2 nitrogen and oxygen atoms in total. The van der Waals surface area contributed by atoms with Crippen molar-refractivity contribution in [2.45, 2.75) is 45.4 Å². The molecule has 0 saturated carbocycles. The Balaban J connectivity index is 1.61. The monoisotopic (exact) mass is 388 g/mol. The Hall–Kier alpha value is -0.290. The summed E-state index contributed by atoms with van der Waals surface area (Å²) >= 11 is 2.36.